The average molecular weight is 564 g/mol. The predicted octanol–water partition coefficient (Wildman–Crippen LogP) is 8.13. The molecule has 37 heavy (non-hydrogen) atoms. The van der Waals surface area contributed by atoms with Gasteiger partial charge in [-0.25, -0.2) is 14.6 Å². The average Bonchev–Trinajstić information content (AvgIpc) is 3.20. The minimum absolute atomic E-state index is 0.337. The quantitative estimate of drug-likeness (QED) is 0.251. The fourth-order valence-corrected chi connectivity index (χ4v) is 4.14. The van der Waals surface area contributed by atoms with Gasteiger partial charge in [-0.15, -0.1) is 0 Å². The van der Waals surface area contributed by atoms with Crippen LogP contribution >= 0.6 is 15.9 Å². The molecule has 7 nitrogen and oxygen atoms in total. The van der Waals surface area contributed by atoms with Gasteiger partial charge in [0.15, 0.2) is 0 Å². The second kappa shape index (κ2) is 10.0. The Morgan fingerprint density at radius 1 is 0.838 bits per heavy atom. The third kappa shape index (κ3) is 6.20. The van der Waals surface area contributed by atoms with E-state index in [4.69, 9.17) is 9.47 Å². The number of ether oxygens (including phenoxy) is 2. The van der Waals surface area contributed by atoms with Gasteiger partial charge in [-0.3, -0.25) is 4.57 Å². The number of halogens is 1. The molecule has 0 aliphatic carbocycles. The fourth-order valence-electron chi connectivity index (χ4n) is 3.79. The van der Waals surface area contributed by atoms with E-state index in [1.165, 1.54) is 0 Å². The van der Waals surface area contributed by atoms with Crippen LogP contribution in [0.15, 0.2) is 77.5 Å². The van der Waals surface area contributed by atoms with Crippen LogP contribution in [0, 0.1) is 0 Å². The van der Waals surface area contributed by atoms with Crippen LogP contribution in [0.25, 0.3) is 27.8 Å². The van der Waals surface area contributed by atoms with Crippen molar-refractivity contribution in [2.24, 2.45) is 0 Å². The molecule has 1 heterocycles. The lowest BCUT2D eigenvalue weighted by atomic mass is 10.0. The summed E-state index contributed by atoms with van der Waals surface area (Å²) in [4.78, 5) is 32.5. The Morgan fingerprint density at radius 3 is 2.05 bits per heavy atom. The number of nitrogens with zero attached hydrogens (tertiary/aromatic N) is 3. The van der Waals surface area contributed by atoms with E-state index in [0.29, 0.717) is 16.9 Å². The molecule has 0 saturated carbocycles. The number of amides is 2. The van der Waals surface area contributed by atoms with Crippen molar-refractivity contribution in [1.82, 2.24) is 9.55 Å². The number of imide groups is 1. The Morgan fingerprint density at radius 2 is 1.46 bits per heavy atom. The highest BCUT2D eigenvalue weighted by Gasteiger charge is 2.34. The topological polar surface area (TPSA) is 73.7 Å². The minimum Gasteiger partial charge on any atom is -0.443 e. The molecular formula is C29H30BrN3O4. The molecule has 4 aromatic rings. The van der Waals surface area contributed by atoms with Crippen LogP contribution in [0.5, 0.6) is 0 Å². The van der Waals surface area contributed by atoms with Crippen molar-refractivity contribution in [3.05, 3.63) is 77.5 Å². The molecule has 0 bridgehead atoms. The number of aromatic nitrogens is 2. The highest BCUT2D eigenvalue weighted by atomic mass is 79.9. The smallest absolute Gasteiger partial charge is 0.424 e. The van der Waals surface area contributed by atoms with E-state index in [9.17, 15) is 9.59 Å². The summed E-state index contributed by atoms with van der Waals surface area (Å²) in [7, 11) is 0. The summed E-state index contributed by atoms with van der Waals surface area (Å²) in [5, 5.41) is 0. The van der Waals surface area contributed by atoms with Gasteiger partial charge in [0, 0.05) is 15.7 Å². The molecule has 0 fully saturated rings. The Labute approximate surface area is 225 Å². The van der Waals surface area contributed by atoms with E-state index >= 15 is 0 Å². The zero-order chi connectivity index (χ0) is 27.0. The summed E-state index contributed by atoms with van der Waals surface area (Å²) in [6.45, 7) is 10.5. The molecule has 2 amide bonds. The van der Waals surface area contributed by atoms with E-state index in [1.54, 1.807) is 53.9 Å². The Bertz CT molecular complexity index is 1420. The van der Waals surface area contributed by atoms with Crippen LogP contribution in [0.4, 0.5) is 15.3 Å². The molecule has 1 aromatic heterocycles. The molecule has 0 unspecified atom stereocenters. The number of anilines is 1. The van der Waals surface area contributed by atoms with Crippen molar-refractivity contribution < 1.29 is 19.1 Å². The van der Waals surface area contributed by atoms with Crippen LogP contribution in [0.1, 0.15) is 41.5 Å². The summed E-state index contributed by atoms with van der Waals surface area (Å²) < 4.78 is 14.1. The lowest BCUT2D eigenvalue weighted by Gasteiger charge is -2.30. The van der Waals surface area contributed by atoms with Crippen molar-refractivity contribution in [1.29, 1.82) is 0 Å². The molecule has 0 radical (unpaired) electrons. The van der Waals surface area contributed by atoms with Crippen LogP contribution < -0.4 is 4.90 Å². The maximum Gasteiger partial charge on any atom is 0.424 e. The number of hydrogen-bond donors (Lipinski definition) is 0. The molecule has 0 saturated heterocycles. The monoisotopic (exact) mass is 563 g/mol. The number of rotatable bonds is 3. The number of hydrogen-bond acceptors (Lipinski definition) is 5. The van der Waals surface area contributed by atoms with E-state index in [-0.39, 0.29) is 0 Å². The van der Waals surface area contributed by atoms with E-state index in [1.807, 2.05) is 65.2 Å². The highest BCUT2D eigenvalue weighted by molar-refractivity contribution is 9.10. The lowest BCUT2D eigenvalue weighted by Crippen LogP contribution is -2.44. The molecule has 0 spiro atoms. The largest absolute Gasteiger partial charge is 0.443 e. The van der Waals surface area contributed by atoms with E-state index in [2.05, 4.69) is 20.9 Å². The third-order valence-corrected chi connectivity index (χ3v) is 5.74. The summed E-state index contributed by atoms with van der Waals surface area (Å²) in [5.41, 5.74) is 2.59. The molecule has 192 valence electrons. The molecule has 3 aromatic carbocycles. The van der Waals surface area contributed by atoms with Gasteiger partial charge in [-0.05, 0) is 77.4 Å². The highest BCUT2D eigenvalue weighted by Crippen LogP contribution is 2.36. The van der Waals surface area contributed by atoms with Crippen LogP contribution in [0.2, 0.25) is 0 Å². The Hall–Kier alpha value is -3.65. The van der Waals surface area contributed by atoms with Gasteiger partial charge >= 0.3 is 12.2 Å². The predicted molar refractivity (Wildman–Crippen MR) is 149 cm³/mol. The molecule has 8 heteroatoms. The zero-order valence-electron chi connectivity index (χ0n) is 21.8. The summed E-state index contributed by atoms with van der Waals surface area (Å²) >= 11 is 3.53. The first kappa shape index (κ1) is 26.4. The molecule has 0 N–H and O–H groups in total. The van der Waals surface area contributed by atoms with Gasteiger partial charge in [0.25, 0.3) is 0 Å². The number of imidazole rings is 1. The maximum absolute atomic E-state index is 13.5. The number of carbonyl (C=O) groups is 2. The molecular weight excluding hydrogens is 534 g/mol. The van der Waals surface area contributed by atoms with Crippen molar-refractivity contribution in [2.75, 3.05) is 4.90 Å². The van der Waals surface area contributed by atoms with Crippen LogP contribution in [0.3, 0.4) is 0 Å². The molecule has 0 aliphatic rings. The first-order valence-electron chi connectivity index (χ1n) is 11.9. The molecule has 0 atom stereocenters. The summed E-state index contributed by atoms with van der Waals surface area (Å²) in [5.74, 6) is 0. The second-order valence-corrected chi connectivity index (χ2v) is 11.5. The van der Waals surface area contributed by atoms with Crippen LogP contribution in [-0.4, -0.2) is 32.9 Å². The summed E-state index contributed by atoms with van der Waals surface area (Å²) in [6.07, 6.45) is 0.0626. The van der Waals surface area contributed by atoms with Gasteiger partial charge in [-0.1, -0.05) is 52.3 Å². The van der Waals surface area contributed by atoms with Crippen molar-refractivity contribution >= 4 is 44.8 Å². The van der Waals surface area contributed by atoms with E-state index in [0.717, 1.165) is 26.0 Å². The normalized spacial score (nSPS) is 11.9. The number of benzene rings is 3. The molecule has 4 rings (SSSR count). The third-order valence-electron chi connectivity index (χ3n) is 5.25. The van der Waals surface area contributed by atoms with Gasteiger partial charge in [0.05, 0.1) is 16.7 Å². The van der Waals surface area contributed by atoms with Crippen molar-refractivity contribution in [3.8, 4) is 16.8 Å². The van der Waals surface area contributed by atoms with Gasteiger partial charge in [0.2, 0.25) is 0 Å². The van der Waals surface area contributed by atoms with Crippen molar-refractivity contribution in [2.45, 2.75) is 52.7 Å². The Kier molecular flexibility index (Phi) is 7.15. The first-order valence-corrected chi connectivity index (χ1v) is 12.7. The summed E-state index contributed by atoms with van der Waals surface area (Å²) in [6, 6.07) is 21.0. The lowest BCUT2D eigenvalue weighted by molar-refractivity contribution is 0.0431. The zero-order valence-corrected chi connectivity index (χ0v) is 23.4. The Balaban J connectivity index is 1.95. The van der Waals surface area contributed by atoms with Crippen molar-refractivity contribution in [3.63, 3.8) is 0 Å². The SMILES string of the molecule is CC(C)(C)OC(=O)N(C(=O)OC(C)(C)C)c1cc(-n2cnc3ccc(Br)cc32)ccc1-c1ccccc1. The number of fused-ring (bicyclic) bond motifs is 1. The second-order valence-electron chi connectivity index (χ2n) is 10.6. The van der Waals surface area contributed by atoms with Gasteiger partial charge in [0.1, 0.15) is 17.5 Å². The molecule has 0 aliphatic heterocycles. The van der Waals surface area contributed by atoms with E-state index < -0.39 is 23.4 Å². The fraction of sp³-hybridized carbons (Fsp3) is 0.276. The van der Waals surface area contributed by atoms with Gasteiger partial charge in [-0.2, -0.15) is 4.90 Å². The maximum atomic E-state index is 13.5. The van der Waals surface area contributed by atoms with Crippen LogP contribution in [-0.2, 0) is 9.47 Å². The van der Waals surface area contributed by atoms with Gasteiger partial charge < -0.3 is 9.47 Å². The minimum atomic E-state index is -0.825. The first-order chi connectivity index (χ1) is 17.3. The number of carbonyl (C=O) groups excluding carboxylic acids is 2. The standard InChI is InChI=1S/C29H30BrN3O4/c1-28(2,3)36-26(34)33(27(35)37-29(4,5)6)24-17-21(13-14-22(24)19-10-8-7-9-11-19)32-18-31-23-15-12-20(30)16-25(23)32/h7-18H,1-6H3.